The molecule has 0 saturated heterocycles. The molecule has 0 radical (unpaired) electrons. The number of nitrogens with one attached hydrogen (secondary N) is 1. The second-order valence-corrected chi connectivity index (χ2v) is 3.18. The average Bonchev–Trinajstić information content (AvgIpc) is 2.25. The van der Waals surface area contributed by atoms with E-state index in [9.17, 15) is 0 Å². The molecule has 0 atom stereocenters. The fraction of sp³-hybridized carbons (Fsp3) is 0.250. The highest BCUT2D eigenvalue weighted by Crippen LogP contribution is 2.15. The Morgan fingerprint density at radius 3 is 2.80 bits per heavy atom. The van der Waals surface area contributed by atoms with Gasteiger partial charge in [-0.2, -0.15) is 0 Å². The van der Waals surface area contributed by atoms with Gasteiger partial charge in [-0.15, -0.1) is 0 Å². The first-order chi connectivity index (χ1) is 7.29. The molecule has 1 rings (SSSR count). The predicted molar refractivity (Wildman–Crippen MR) is 65.8 cm³/mol. The molecule has 1 aromatic rings. The maximum atomic E-state index is 5.49. The van der Waals surface area contributed by atoms with Gasteiger partial charge in [-0.3, -0.25) is 4.99 Å². The summed E-state index contributed by atoms with van der Waals surface area (Å²) in [6.07, 6.45) is 3.68. The summed E-state index contributed by atoms with van der Waals surface area (Å²) in [6, 6.07) is 8.17. The van der Waals surface area contributed by atoms with E-state index in [1.807, 2.05) is 18.2 Å². The zero-order valence-corrected chi connectivity index (χ0v) is 9.20. The van der Waals surface area contributed by atoms with Crippen molar-refractivity contribution in [2.45, 2.75) is 6.92 Å². The lowest BCUT2D eigenvalue weighted by molar-refractivity contribution is 0.902. The first kappa shape index (κ1) is 11.5. The second kappa shape index (κ2) is 5.98. The maximum Gasteiger partial charge on any atom is 0.0628 e. The quantitative estimate of drug-likeness (QED) is 0.576. The fourth-order valence-electron chi connectivity index (χ4n) is 1.38. The Morgan fingerprint density at radius 1 is 1.47 bits per heavy atom. The Hall–Kier alpha value is -1.61. The Balaban J connectivity index is 3.04. The molecule has 3 heteroatoms. The van der Waals surface area contributed by atoms with Gasteiger partial charge in [-0.1, -0.05) is 24.3 Å². The van der Waals surface area contributed by atoms with Crippen molar-refractivity contribution in [1.29, 1.82) is 0 Å². The minimum Gasteiger partial charge on any atom is -0.372 e. The monoisotopic (exact) mass is 203 g/mol. The molecule has 0 aliphatic heterocycles. The number of nitrogens with two attached hydrogens (primary N) is 1. The Kier molecular flexibility index (Phi) is 4.57. The summed E-state index contributed by atoms with van der Waals surface area (Å²) < 4.78 is 0. The lowest BCUT2D eigenvalue weighted by atomic mass is 10.1. The van der Waals surface area contributed by atoms with Crippen molar-refractivity contribution in [3.63, 3.8) is 0 Å². The molecule has 0 unspecified atom stereocenters. The summed E-state index contributed by atoms with van der Waals surface area (Å²) in [5, 5.41) is 3.12. The molecule has 0 amide bonds. The van der Waals surface area contributed by atoms with Crippen LogP contribution in [0.2, 0.25) is 0 Å². The Bertz CT molecular complexity index is 367. The number of allylic oxidation sites excluding steroid dienone is 1. The number of hydrogen-bond acceptors (Lipinski definition) is 3. The Labute approximate surface area is 90.7 Å². The zero-order chi connectivity index (χ0) is 11.1. The van der Waals surface area contributed by atoms with E-state index in [0.29, 0.717) is 6.67 Å². The van der Waals surface area contributed by atoms with Crippen molar-refractivity contribution in [3.05, 3.63) is 41.5 Å². The molecule has 80 valence electrons. The van der Waals surface area contributed by atoms with Crippen LogP contribution in [0.3, 0.4) is 0 Å². The molecule has 1 aromatic carbocycles. The standard InChI is InChI=1S/C12H17N3/c1-10-5-3-4-6-11(10)12(15-9-13)7-8-14-2/h3-8,15H,9,13H2,1-2H3/b12-7-,14-8?. The van der Waals surface area contributed by atoms with E-state index in [0.717, 1.165) is 11.3 Å². The van der Waals surface area contributed by atoms with Gasteiger partial charge in [-0.05, 0) is 18.6 Å². The lowest BCUT2D eigenvalue weighted by Crippen LogP contribution is -2.21. The normalized spacial score (nSPS) is 12.1. The highest BCUT2D eigenvalue weighted by Gasteiger charge is 2.01. The third kappa shape index (κ3) is 3.22. The van der Waals surface area contributed by atoms with E-state index in [1.165, 1.54) is 5.56 Å². The van der Waals surface area contributed by atoms with Crippen LogP contribution in [0.5, 0.6) is 0 Å². The third-order valence-electron chi connectivity index (χ3n) is 2.12. The van der Waals surface area contributed by atoms with Crippen LogP contribution in [0.15, 0.2) is 35.3 Å². The number of rotatable bonds is 4. The first-order valence-electron chi connectivity index (χ1n) is 4.92. The van der Waals surface area contributed by atoms with E-state index >= 15 is 0 Å². The molecule has 0 aliphatic rings. The van der Waals surface area contributed by atoms with Gasteiger partial charge in [0.15, 0.2) is 0 Å². The fourth-order valence-corrected chi connectivity index (χ4v) is 1.38. The molecule has 3 N–H and O–H groups in total. The zero-order valence-electron chi connectivity index (χ0n) is 9.20. The van der Waals surface area contributed by atoms with Crippen LogP contribution in [-0.4, -0.2) is 19.9 Å². The van der Waals surface area contributed by atoms with Gasteiger partial charge in [-0.25, -0.2) is 0 Å². The SMILES string of the molecule is CN=C/C=C(\NCN)c1ccccc1C. The van der Waals surface area contributed by atoms with Crippen LogP contribution in [-0.2, 0) is 0 Å². The number of benzene rings is 1. The molecule has 0 aliphatic carbocycles. The van der Waals surface area contributed by atoms with E-state index in [1.54, 1.807) is 13.3 Å². The summed E-state index contributed by atoms with van der Waals surface area (Å²) >= 11 is 0. The van der Waals surface area contributed by atoms with Crippen LogP contribution in [0.1, 0.15) is 11.1 Å². The molecular formula is C12H17N3. The largest absolute Gasteiger partial charge is 0.372 e. The van der Waals surface area contributed by atoms with Gasteiger partial charge in [0, 0.05) is 24.5 Å². The number of aliphatic imine (C=N–C) groups is 1. The summed E-state index contributed by atoms with van der Waals surface area (Å²) in [6.45, 7) is 2.49. The van der Waals surface area contributed by atoms with Crippen LogP contribution in [0.4, 0.5) is 0 Å². The minimum absolute atomic E-state index is 0.414. The van der Waals surface area contributed by atoms with Crippen molar-refractivity contribution in [2.75, 3.05) is 13.7 Å². The van der Waals surface area contributed by atoms with Crippen LogP contribution in [0, 0.1) is 6.92 Å². The molecule has 3 nitrogen and oxygen atoms in total. The number of hydrogen-bond donors (Lipinski definition) is 2. The van der Waals surface area contributed by atoms with Gasteiger partial charge in [0.25, 0.3) is 0 Å². The summed E-state index contributed by atoms with van der Waals surface area (Å²) in [4.78, 5) is 3.93. The van der Waals surface area contributed by atoms with E-state index in [-0.39, 0.29) is 0 Å². The van der Waals surface area contributed by atoms with Crippen molar-refractivity contribution in [3.8, 4) is 0 Å². The summed E-state index contributed by atoms with van der Waals surface area (Å²) in [7, 11) is 1.74. The molecule has 15 heavy (non-hydrogen) atoms. The summed E-state index contributed by atoms with van der Waals surface area (Å²) in [5.74, 6) is 0. The second-order valence-electron chi connectivity index (χ2n) is 3.18. The smallest absolute Gasteiger partial charge is 0.0628 e. The molecular weight excluding hydrogens is 186 g/mol. The van der Waals surface area contributed by atoms with Crippen molar-refractivity contribution < 1.29 is 0 Å². The van der Waals surface area contributed by atoms with Gasteiger partial charge >= 0.3 is 0 Å². The van der Waals surface area contributed by atoms with Crippen molar-refractivity contribution >= 4 is 11.9 Å². The van der Waals surface area contributed by atoms with Gasteiger partial charge in [0.05, 0.1) is 6.67 Å². The molecule has 0 aromatic heterocycles. The highest BCUT2D eigenvalue weighted by molar-refractivity contribution is 5.84. The van der Waals surface area contributed by atoms with E-state index < -0.39 is 0 Å². The van der Waals surface area contributed by atoms with Gasteiger partial charge in [0.2, 0.25) is 0 Å². The van der Waals surface area contributed by atoms with E-state index in [4.69, 9.17) is 5.73 Å². The van der Waals surface area contributed by atoms with Crippen LogP contribution < -0.4 is 11.1 Å². The van der Waals surface area contributed by atoms with E-state index in [2.05, 4.69) is 29.4 Å². The minimum atomic E-state index is 0.414. The number of nitrogens with zero attached hydrogens (tertiary/aromatic N) is 1. The molecule has 0 fully saturated rings. The average molecular weight is 203 g/mol. The third-order valence-corrected chi connectivity index (χ3v) is 2.12. The van der Waals surface area contributed by atoms with Crippen LogP contribution >= 0.6 is 0 Å². The molecule has 0 heterocycles. The van der Waals surface area contributed by atoms with Gasteiger partial charge < -0.3 is 11.1 Å². The molecule has 0 spiro atoms. The lowest BCUT2D eigenvalue weighted by Gasteiger charge is -2.11. The van der Waals surface area contributed by atoms with Crippen LogP contribution in [0.25, 0.3) is 5.70 Å². The number of aryl methyl sites for hydroxylation is 1. The molecule has 0 bridgehead atoms. The first-order valence-corrected chi connectivity index (χ1v) is 4.92. The van der Waals surface area contributed by atoms with Crippen molar-refractivity contribution in [1.82, 2.24) is 5.32 Å². The highest BCUT2D eigenvalue weighted by atomic mass is 15.0. The predicted octanol–water partition coefficient (Wildman–Crippen LogP) is 1.54. The molecule has 0 saturated carbocycles. The maximum absolute atomic E-state index is 5.49. The Morgan fingerprint density at radius 2 is 2.20 bits per heavy atom. The van der Waals surface area contributed by atoms with Crippen molar-refractivity contribution in [2.24, 2.45) is 10.7 Å². The topological polar surface area (TPSA) is 50.4 Å². The van der Waals surface area contributed by atoms with Gasteiger partial charge in [0.1, 0.15) is 0 Å². The summed E-state index contributed by atoms with van der Waals surface area (Å²) in [5.41, 5.74) is 8.87.